The van der Waals surface area contributed by atoms with Crippen molar-refractivity contribution >= 4 is 0 Å². The summed E-state index contributed by atoms with van der Waals surface area (Å²) in [5, 5.41) is 3.44. The van der Waals surface area contributed by atoms with Crippen molar-refractivity contribution in [3.8, 4) is 0 Å². The molecule has 1 aliphatic rings. The molecule has 2 unspecified atom stereocenters. The number of aryl methyl sites for hydroxylation is 1. The number of nitrogens with zero attached hydrogens (tertiary/aromatic N) is 3. The topological polar surface area (TPSA) is 42.3 Å². The van der Waals surface area contributed by atoms with Crippen LogP contribution in [0.2, 0.25) is 0 Å². The first-order valence-electron chi connectivity index (χ1n) is 7.70. The summed E-state index contributed by atoms with van der Waals surface area (Å²) in [4.78, 5) is 6.67. The Kier molecular flexibility index (Phi) is 6.01. The van der Waals surface area contributed by atoms with E-state index in [0.717, 1.165) is 32.0 Å². The van der Waals surface area contributed by atoms with Crippen LogP contribution in [0.5, 0.6) is 0 Å². The van der Waals surface area contributed by atoms with Gasteiger partial charge in [-0.1, -0.05) is 6.92 Å². The van der Waals surface area contributed by atoms with Gasteiger partial charge in [0, 0.05) is 32.5 Å². The molecule has 1 aromatic rings. The van der Waals surface area contributed by atoms with Crippen molar-refractivity contribution in [3.63, 3.8) is 0 Å². The zero-order valence-corrected chi connectivity index (χ0v) is 13.0. The van der Waals surface area contributed by atoms with Crippen LogP contribution in [0.15, 0.2) is 12.4 Å². The van der Waals surface area contributed by atoms with E-state index in [2.05, 4.69) is 33.7 Å². The van der Waals surface area contributed by atoms with Crippen LogP contribution in [0, 0.1) is 0 Å². The Morgan fingerprint density at radius 2 is 2.25 bits per heavy atom. The predicted molar refractivity (Wildman–Crippen MR) is 80.6 cm³/mol. The molecule has 2 heterocycles. The summed E-state index contributed by atoms with van der Waals surface area (Å²) in [6.45, 7) is 6.13. The van der Waals surface area contributed by atoms with Crippen LogP contribution in [0.1, 0.15) is 32.0 Å². The standard InChI is InChI=1S/C15H28N4O/c1-4-7-16-10-13-5-6-14(20-13)11-18(2)12-15-17-8-9-19(15)3/h8-9,13-14,16H,4-7,10-12H2,1-3H3. The largest absolute Gasteiger partial charge is 0.372 e. The van der Waals surface area contributed by atoms with Crippen LogP contribution in [-0.4, -0.2) is 53.3 Å². The number of hydrogen-bond donors (Lipinski definition) is 1. The first kappa shape index (κ1) is 15.5. The number of ether oxygens (including phenoxy) is 1. The van der Waals surface area contributed by atoms with E-state index in [1.165, 1.54) is 19.3 Å². The summed E-state index contributed by atoms with van der Waals surface area (Å²) < 4.78 is 8.17. The Balaban J connectivity index is 1.68. The zero-order chi connectivity index (χ0) is 14.4. The normalized spacial score (nSPS) is 22.8. The molecule has 2 rings (SSSR count). The third-order valence-electron chi connectivity index (χ3n) is 3.84. The van der Waals surface area contributed by atoms with E-state index < -0.39 is 0 Å². The Bertz CT molecular complexity index is 393. The Labute approximate surface area is 122 Å². The van der Waals surface area contributed by atoms with Gasteiger partial charge in [0.15, 0.2) is 0 Å². The second-order valence-electron chi connectivity index (χ2n) is 5.81. The number of nitrogens with one attached hydrogen (secondary N) is 1. The molecule has 1 aliphatic heterocycles. The fraction of sp³-hybridized carbons (Fsp3) is 0.800. The molecule has 0 bridgehead atoms. The van der Waals surface area contributed by atoms with Gasteiger partial charge in [-0.25, -0.2) is 4.98 Å². The summed E-state index contributed by atoms with van der Waals surface area (Å²) in [5.41, 5.74) is 0. The number of likely N-dealkylation sites (N-methyl/N-ethyl adjacent to an activating group) is 1. The van der Waals surface area contributed by atoms with Crippen molar-refractivity contribution in [3.05, 3.63) is 18.2 Å². The van der Waals surface area contributed by atoms with Gasteiger partial charge in [-0.3, -0.25) is 4.90 Å². The molecule has 0 spiro atoms. The monoisotopic (exact) mass is 280 g/mol. The lowest BCUT2D eigenvalue weighted by atomic mass is 10.2. The molecule has 114 valence electrons. The van der Waals surface area contributed by atoms with Crippen molar-refractivity contribution < 1.29 is 4.74 Å². The SMILES string of the molecule is CCCNCC1CCC(CN(C)Cc2nccn2C)O1. The highest BCUT2D eigenvalue weighted by Gasteiger charge is 2.25. The van der Waals surface area contributed by atoms with E-state index in [1.54, 1.807) is 0 Å². The van der Waals surface area contributed by atoms with Gasteiger partial charge in [0.2, 0.25) is 0 Å². The molecule has 20 heavy (non-hydrogen) atoms. The van der Waals surface area contributed by atoms with E-state index in [-0.39, 0.29) is 0 Å². The minimum absolute atomic E-state index is 0.369. The maximum atomic E-state index is 6.10. The Morgan fingerprint density at radius 3 is 2.95 bits per heavy atom. The van der Waals surface area contributed by atoms with Crippen LogP contribution in [0.4, 0.5) is 0 Å². The molecule has 0 radical (unpaired) electrons. The van der Waals surface area contributed by atoms with Gasteiger partial charge in [-0.05, 0) is 32.9 Å². The summed E-state index contributed by atoms with van der Waals surface area (Å²) in [6.07, 6.45) is 8.14. The number of hydrogen-bond acceptors (Lipinski definition) is 4. The highest BCUT2D eigenvalue weighted by molar-refractivity contribution is 4.91. The van der Waals surface area contributed by atoms with E-state index >= 15 is 0 Å². The zero-order valence-electron chi connectivity index (χ0n) is 13.0. The van der Waals surface area contributed by atoms with Gasteiger partial charge in [0.25, 0.3) is 0 Å². The molecular weight excluding hydrogens is 252 g/mol. The first-order chi connectivity index (χ1) is 9.69. The molecule has 1 N–H and O–H groups in total. The molecule has 1 fully saturated rings. The maximum Gasteiger partial charge on any atom is 0.122 e. The van der Waals surface area contributed by atoms with Crippen LogP contribution in [0.3, 0.4) is 0 Å². The fourth-order valence-electron chi connectivity index (χ4n) is 2.71. The molecule has 0 amide bonds. The molecule has 5 nitrogen and oxygen atoms in total. The lowest BCUT2D eigenvalue weighted by Crippen LogP contribution is -2.32. The predicted octanol–water partition coefficient (Wildman–Crippen LogP) is 1.40. The minimum Gasteiger partial charge on any atom is -0.372 e. The minimum atomic E-state index is 0.369. The lowest BCUT2D eigenvalue weighted by molar-refractivity contribution is 0.0263. The van der Waals surface area contributed by atoms with Gasteiger partial charge in [0.05, 0.1) is 18.8 Å². The van der Waals surface area contributed by atoms with Gasteiger partial charge in [-0.2, -0.15) is 0 Å². The highest BCUT2D eigenvalue weighted by Crippen LogP contribution is 2.20. The fourth-order valence-corrected chi connectivity index (χ4v) is 2.71. The van der Waals surface area contributed by atoms with Crippen LogP contribution >= 0.6 is 0 Å². The summed E-state index contributed by atoms with van der Waals surface area (Å²) in [5.74, 6) is 1.10. The molecular formula is C15H28N4O. The molecule has 1 saturated heterocycles. The molecule has 2 atom stereocenters. The van der Waals surface area contributed by atoms with Crippen LogP contribution in [-0.2, 0) is 18.3 Å². The third-order valence-corrected chi connectivity index (χ3v) is 3.84. The summed E-state index contributed by atoms with van der Waals surface area (Å²) in [6, 6.07) is 0. The Hall–Kier alpha value is -0.910. The second kappa shape index (κ2) is 7.76. The molecule has 0 aliphatic carbocycles. The van der Waals surface area contributed by atoms with Crippen molar-refractivity contribution in [2.75, 3.05) is 26.7 Å². The first-order valence-corrected chi connectivity index (χ1v) is 7.70. The van der Waals surface area contributed by atoms with Crippen molar-refractivity contribution in [2.24, 2.45) is 7.05 Å². The van der Waals surface area contributed by atoms with E-state index in [9.17, 15) is 0 Å². The number of imidazole rings is 1. The molecule has 0 aromatic carbocycles. The summed E-state index contributed by atoms with van der Waals surface area (Å²) >= 11 is 0. The van der Waals surface area contributed by atoms with Gasteiger partial charge >= 0.3 is 0 Å². The molecule has 5 heteroatoms. The smallest absolute Gasteiger partial charge is 0.122 e. The Morgan fingerprint density at radius 1 is 1.45 bits per heavy atom. The van der Waals surface area contributed by atoms with Gasteiger partial charge in [0.1, 0.15) is 5.82 Å². The molecule has 1 aromatic heterocycles. The molecule has 0 saturated carbocycles. The van der Waals surface area contributed by atoms with E-state index in [4.69, 9.17) is 4.74 Å². The van der Waals surface area contributed by atoms with Crippen LogP contribution in [0.25, 0.3) is 0 Å². The third kappa shape index (κ3) is 4.58. The van der Waals surface area contributed by atoms with Crippen molar-refractivity contribution in [1.29, 1.82) is 0 Å². The average Bonchev–Trinajstić information content (AvgIpc) is 3.00. The van der Waals surface area contributed by atoms with E-state index in [0.29, 0.717) is 12.2 Å². The van der Waals surface area contributed by atoms with Gasteiger partial charge < -0.3 is 14.6 Å². The highest BCUT2D eigenvalue weighted by atomic mass is 16.5. The quantitative estimate of drug-likeness (QED) is 0.731. The maximum absolute atomic E-state index is 6.10. The van der Waals surface area contributed by atoms with Gasteiger partial charge in [-0.15, -0.1) is 0 Å². The summed E-state index contributed by atoms with van der Waals surface area (Å²) in [7, 11) is 4.18. The number of aromatic nitrogens is 2. The second-order valence-corrected chi connectivity index (χ2v) is 5.81. The average molecular weight is 280 g/mol. The van der Waals surface area contributed by atoms with E-state index in [1.807, 2.05) is 19.4 Å². The number of rotatable bonds is 8. The lowest BCUT2D eigenvalue weighted by Gasteiger charge is -2.21. The van der Waals surface area contributed by atoms with Crippen molar-refractivity contribution in [1.82, 2.24) is 19.8 Å². The van der Waals surface area contributed by atoms with Crippen LogP contribution < -0.4 is 5.32 Å². The van der Waals surface area contributed by atoms with Crippen molar-refractivity contribution in [2.45, 2.75) is 44.9 Å².